The van der Waals surface area contributed by atoms with E-state index < -0.39 is 9.75 Å². The highest BCUT2D eigenvalue weighted by atomic mass is 35.5. The van der Waals surface area contributed by atoms with Gasteiger partial charge in [-0.3, -0.25) is 0 Å². The molecule has 0 bridgehead atoms. The summed E-state index contributed by atoms with van der Waals surface area (Å²) in [5, 5.41) is 0. The molecule has 0 fully saturated rings. The number of rotatable bonds is 5. The smallest absolute Gasteiger partial charge is 0.106 e. The van der Waals surface area contributed by atoms with E-state index in [1.807, 2.05) is 121 Å². The zero-order chi connectivity index (χ0) is 19.5. The first-order valence-corrected chi connectivity index (χ1v) is 10.0. The Balaban J connectivity index is 2.09. The highest BCUT2D eigenvalue weighted by molar-refractivity contribution is 6.37. The van der Waals surface area contributed by atoms with Crippen LogP contribution < -0.4 is 0 Å². The maximum absolute atomic E-state index is 7.63. The maximum Gasteiger partial charge on any atom is 0.122 e. The van der Waals surface area contributed by atoms with Crippen LogP contribution in [0.15, 0.2) is 121 Å². The van der Waals surface area contributed by atoms with Crippen molar-refractivity contribution < 1.29 is 0 Å². The second-order valence-corrected chi connectivity index (χ2v) is 7.91. The summed E-state index contributed by atoms with van der Waals surface area (Å²) in [7, 11) is 0. The van der Waals surface area contributed by atoms with Crippen LogP contribution in [-0.4, -0.2) is 0 Å². The monoisotopic (exact) mass is 402 g/mol. The highest BCUT2D eigenvalue weighted by Gasteiger charge is 2.54. The second kappa shape index (κ2) is 7.83. The molecule has 0 N–H and O–H groups in total. The van der Waals surface area contributed by atoms with Crippen molar-refractivity contribution >= 4 is 23.2 Å². The van der Waals surface area contributed by atoms with Gasteiger partial charge in [0.25, 0.3) is 0 Å². The predicted octanol–water partition coefficient (Wildman–Crippen LogP) is 7.35. The van der Waals surface area contributed by atoms with Crippen molar-refractivity contribution in [1.29, 1.82) is 0 Å². The zero-order valence-electron chi connectivity index (χ0n) is 15.3. The average molecular weight is 403 g/mol. The van der Waals surface area contributed by atoms with Gasteiger partial charge in [0.15, 0.2) is 0 Å². The predicted molar refractivity (Wildman–Crippen MR) is 119 cm³/mol. The largest absolute Gasteiger partial charge is 0.122 e. The average Bonchev–Trinajstić information content (AvgIpc) is 2.80. The van der Waals surface area contributed by atoms with Crippen LogP contribution in [0.25, 0.3) is 0 Å². The number of hydrogen-bond donors (Lipinski definition) is 0. The minimum absolute atomic E-state index is 0.950. The fourth-order valence-electron chi connectivity index (χ4n) is 3.80. The Labute approximate surface area is 176 Å². The van der Waals surface area contributed by atoms with Crippen LogP contribution in [0.1, 0.15) is 22.3 Å². The molecule has 0 aromatic heterocycles. The first-order valence-electron chi connectivity index (χ1n) is 9.27. The molecule has 0 saturated carbocycles. The Kier molecular flexibility index (Phi) is 5.26. The van der Waals surface area contributed by atoms with E-state index in [1.54, 1.807) is 0 Å². The molecule has 2 heteroatoms. The van der Waals surface area contributed by atoms with Crippen LogP contribution >= 0.6 is 23.2 Å². The molecule has 0 spiro atoms. The van der Waals surface area contributed by atoms with Gasteiger partial charge in [0.05, 0.1) is 0 Å². The summed E-state index contributed by atoms with van der Waals surface area (Å²) in [5.74, 6) is 0. The Morgan fingerprint density at radius 1 is 0.321 bits per heavy atom. The molecule has 138 valence electrons. The van der Waals surface area contributed by atoms with Gasteiger partial charge in [-0.25, -0.2) is 0 Å². The minimum Gasteiger partial charge on any atom is -0.106 e. The quantitative estimate of drug-likeness (QED) is 0.306. The van der Waals surface area contributed by atoms with Gasteiger partial charge >= 0.3 is 0 Å². The molecular formula is C26H20Cl2. The van der Waals surface area contributed by atoms with Crippen molar-refractivity contribution in [2.45, 2.75) is 9.75 Å². The van der Waals surface area contributed by atoms with Gasteiger partial charge in [-0.2, -0.15) is 0 Å². The third kappa shape index (κ3) is 3.03. The second-order valence-electron chi connectivity index (χ2n) is 6.78. The van der Waals surface area contributed by atoms with Gasteiger partial charge in [0, 0.05) is 0 Å². The van der Waals surface area contributed by atoms with Crippen LogP contribution in [0.2, 0.25) is 0 Å². The Morgan fingerprint density at radius 3 is 0.679 bits per heavy atom. The first-order chi connectivity index (χ1) is 13.7. The SMILES string of the molecule is ClC(c1ccccc1)(c1ccccc1)C(Cl)(c1ccccc1)c1ccccc1. The summed E-state index contributed by atoms with van der Waals surface area (Å²) in [6.07, 6.45) is 0. The normalized spacial score (nSPS) is 11.9. The lowest BCUT2D eigenvalue weighted by Crippen LogP contribution is -2.43. The maximum atomic E-state index is 7.63. The molecule has 0 atom stereocenters. The van der Waals surface area contributed by atoms with E-state index in [1.165, 1.54) is 0 Å². The Morgan fingerprint density at radius 2 is 0.500 bits per heavy atom. The summed E-state index contributed by atoms with van der Waals surface area (Å²) < 4.78 is 0. The van der Waals surface area contributed by atoms with Crippen molar-refractivity contribution in [3.63, 3.8) is 0 Å². The van der Waals surface area contributed by atoms with Gasteiger partial charge < -0.3 is 0 Å². The molecule has 0 radical (unpaired) electrons. The minimum atomic E-state index is -1.01. The highest BCUT2D eigenvalue weighted by Crippen LogP contribution is 2.58. The Bertz CT molecular complexity index is 847. The van der Waals surface area contributed by atoms with Gasteiger partial charge in [-0.15, -0.1) is 23.2 Å². The van der Waals surface area contributed by atoms with Crippen LogP contribution in [0, 0.1) is 0 Å². The molecule has 0 saturated heterocycles. The van der Waals surface area contributed by atoms with Gasteiger partial charge in [-0.1, -0.05) is 121 Å². The van der Waals surface area contributed by atoms with Gasteiger partial charge in [0.2, 0.25) is 0 Å². The molecule has 4 aromatic carbocycles. The first kappa shape index (κ1) is 18.8. The fourth-order valence-corrected chi connectivity index (χ4v) is 4.74. The fraction of sp³-hybridized carbons (Fsp3) is 0.0769. The summed E-state index contributed by atoms with van der Waals surface area (Å²) in [6, 6.07) is 40.3. The summed E-state index contributed by atoms with van der Waals surface area (Å²) in [6.45, 7) is 0. The van der Waals surface area contributed by atoms with Crippen LogP contribution in [0.3, 0.4) is 0 Å². The van der Waals surface area contributed by atoms with Crippen LogP contribution in [0.5, 0.6) is 0 Å². The van der Waals surface area contributed by atoms with Crippen LogP contribution in [-0.2, 0) is 9.75 Å². The molecule has 0 aliphatic rings. The lowest BCUT2D eigenvalue weighted by atomic mass is 9.72. The molecule has 0 amide bonds. The molecule has 0 heterocycles. The number of hydrogen-bond acceptors (Lipinski definition) is 0. The topological polar surface area (TPSA) is 0 Å². The third-order valence-corrected chi connectivity index (χ3v) is 6.70. The van der Waals surface area contributed by atoms with E-state index >= 15 is 0 Å². The van der Waals surface area contributed by atoms with Crippen molar-refractivity contribution in [1.82, 2.24) is 0 Å². The molecule has 0 unspecified atom stereocenters. The molecular weight excluding hydrogens is 383 g/mol. The van der Waals surface area contributed by atoms with Crippen molar-refractivity contribution in [2.75, 3.05) is 0 Å². The standard InChI is InChI=1S/C26H20Cl2/c27-25(21-13-5-1-6-14-21,22-15-7-2-8-16-22)26(28,23-17-9-3-10-18-23)24-19-11-4-12-20-24/h1-20H. The molecule has 4 aromatic rings. The van der Waals surface area contributed by atoms with E-state index in [0.717, 1.165) is 22.3 Å². The Hall–Kier alpha value is -2.54. The third-order valence-electron chi connectivity index (χ3n) is 5.16. The van der Waals surface area contributed by atoms with Crippen molar-refractivity contribution in [3.05, 3.63) is 144 Å². The lowest BCUT2D eigenvalue weighted by molar-refractivity contribution is 0.561. The van der Waals surface area contributed by atoms with Crippen molar-refractivity contribution in [2.24, 2.45) is 0 Å². The summed E-state index contributed by atoms with van der Waals surface area (Å²) in [5.41, 5.74) is 3.80. The molecule has 4 rings (SSSR count). The summed E-state index contributed by atoms with van der Waals surface area (Å²) >= 11 is 15.3. The molecule has 0 aliphatic heterocycles. The molecule has 0 nitrogen and oxygen atoms in total. The van der Waals surface area contributed by atoms with E-state index in [-0.39, 0.29) is 0 Å². The molecule has 28 heavy (non-hydrogen) atoms. The van der Waals surface area contributed by atoms with E-state index in [9.17, 15) is 0 Å². The number of alkyl halides is 2. The zero-order valence-corrected chi connectivity index (χ0v) is 16.8. The number of halogens is 2. The van der Waals surface area contributed by atoms with Crippen LogP contribution in [0.4, 0.5) is 0 Å². The number of benzene rings is 4. The van der Waals surface area contributed by atoms with E-state index in [2.05, 4.69) is 0 Å². The lowest BCUT2D eigenvalue weighted by Gasteiger charge is -2.44. The van der Waals surface area contributed by atoms with E-state index in [4.69, 9.17) is 23.2 Å². The molecule has 0 aliphatic carbocycles. The van der Waals surface area contributed by atoms with Gasteiger partial charge in [-0.05, 0) is 22.3 Å². The van der Waals surface area contributed by atoms with E-state index in [0.29, 0.717) is 0 Å². The van der Waals surface area contributed by atoms with Gasteiger partial charge in [0.1, 0.15) is 9.75 Å². The summed E-state index contributed by atoms with van der Waals surface area (Å²) in [4.78, 5) is -2.03. The van der Waals surface area contributed by atoms with Crippen molar-refractivity contribution in [3.8, 4) is 0 Å².